The number of esters is 1. The number of hydrogen-bond donors (Lipinski definition) is 0. The summed E-state index contributed by atoms with van der Waals surface area (Å²) in [6.07, 6.45) is 3.45. The molecule has 1 atom stereocenters. The molecule has 0 saturated heterocycles. The Morgan fingerprint density at radius 1 is 1.15 bits per heavy atom. The zero-order chi connectivity index (χ0) is 23.9. The van der Waals surface area contributed by atoms with Crippen LogP contribution in [0, 0.1) is 6.92 Å². The number of carbonyl (C=O) groups is 1. The van der Waals surface area contributed by atoms with Gasteiger partial charge in [-0.25, -0.2) is 9.79 Å². The van der Waals surface area contributed by atoms with Crippen LogP contribution in [0.2, 0.25) is 0 Å². The van der Waals surface area contributed by atoms with E-state index in [2.05, 4.69) is 10.1 Å². The van der Waals surface area contributed by atoms with E-state index in [1.807, 2.05) is 20.0 Å². The number of methoxy groups -OCH3 is 3. The van der Waals surface area contributed by atoms with Gasteiger partial charge in [0.05, 0.1) is 43.3 Å². The number of fused-ring (bicyclic) bond motifs is 1. The number of allylic oxidation sites excluding steroid dienone is 1. The molecule has 0 unspecified atom stereocenters. The van der Waals surface area contributed by atoms with E-state index < -0.39 is 12.0 Å². The van der Waals surface area contributed by atoms with Crippen LogP contribution in [0.3, 0.4) is 0 Å². The third-order valence-electron chi connectivity index (χ3n) is 5.70. The number of nitrogens with zero attached hydrogens (tertiary/aromatic N) is 4. The summed E-state index contributed by atoms with van der Waals surface area (Å²) >= 11 is 1.26. The van der Waals surface area contributed by atoms with Crippen LogP contribution in [0.4, 0.5) is 0 Å². The summed E-state index contributed by atoms with van der Waals surface area (Å²) in [5, 5.41) is 4.31. The van der Waals surface area contributed by atoms with Crippen LogP contribution in [0.15, 0.2) is 45.5 Å². The maximum atomic E-state index is 13.6. The predicted octanol–water partition coefficient (Wildman–Crippen LogP) is 1.47. The summed E-state index contributed by atoms with van der Waals surface area (Å²) in [7, 11) is 6.26. The molecule has 1 aliphatic heterocycles. The number of aryl methyl sites for hydroxylation is 1. The van der Waals surface area contributed by atoms with E-state index in [0.717, 1.165) is 16.8 Å². The molecule has 3 aromatic rings. The summed E-state index contributed by atoms with van der Waals surface area (Å²) in [6, 6.07) is 4.73. The Morgan fingerprint density at radius 3 is 2.48 bits per heavy atom. The van der Waals surface area contributed by atoms with Crippen molar-refractivity contribution >= 4 is 23.4 Å². The van der Waals surface area contributed by atoms with Crippen LogP contribution in [0.25, 0.3) is 6.08 Å². The van der Waals surface area contributed by atoms with Crippen LogP contribution in [-0.4, -0.2) is 41.6 Å². The molecule has 0 aliphatic carbocycles. The molecule has 9 nitrogen and oxygen atoms in total. The lowest BCUT2D eigenvalue weighted by molar-refractivity contribution is -0.136. The average molecular weight is 469 g/mol. The molecule has 2 aromatic heterocycles. The minimum Gasteiger partial charge on any atom is -0.493 e. The van der Waals surface area contributed by atoms with Gasteiger partial charge in [0.1, 0.15) is 6.04 Å². The van der Waals surface area contributed by atoms with Crippen LogP contribution >= 0.6 is 11.3 Å². The fourth-order valence-corrected chi connectivity index (χ4v) is 4.91. The number of carbonyl (C=O) groups excluding carboxylic acids is 1. The van der Waals surface area contributed by atoms with Crippen molar-refractivity contribution < 1.29 is 19.0 Å². The molecular weight excluding hydrogens is 444 g/mol. The second-order valence-electron chi connectivity index (χ2n) is 7.50. The zero-order valence-corrected chi connectivity index (χ0v) is 20.0. The van der Waals surface area contributed by atoms with Gasteiger partial charge in [0.25, 0.3) is 5.56 Å². The third kappa shape index (κ3) is 3.76. The molecule has 10 heteroatoms. The molecule has 0 radical (unpaired) electrons. The van der Waals surface area contributed by atoms with Crippen molar-refractivity contribution in [1.82, 2.24) is 14.3 Å². The molecule has 33 heavy (non-hydrogen) atoms. The molecule has 0 bridgehead atoms. The minimum atomic E-state index is -0.685. The SMILES string of the molecule is COC(=O)C1=C(C)N=c2s/c(=C/c3ccc(OC)c(OC)c3)c(=O)n2[C@H]1c1cnn(C)c1C. The third-order valence-corrected chi connectivity index (χ3v) is 6.68. The van der Waals surface area contributed by atoms with Gasteiger partial charge in [-0.15, -0.1) is 0 Å². The molecule has 1 aliphatic rings. The molecule has 0 fully saturated rings. The van der Waals surface area contributed by atoms with E-state index in [4.69, 9.17) is 14.2 Å². The lowest BCUT2D eigenvalue weighted by Gasteiger charge is -2.23. The maximum absolute atomic E-state index is 13.6. The Morgan fingerprint density at radius 2 is 1.88 bits per heavy atom. The summed E-state index contributed by atoms with van der Waals surface area (Å²) in [4.78, 5) is 31.4. The molecular formula is C23H24N4O5S. The van der Waals surface area contributed by atoms with E-state index in [1.165, 1.54) is 18.4 Å². The largest absolute Gasteiger partial charge is 0.493 e. The van der Waals surface area contributed by atoms with Crippen molar-refractivity contribution in [2.45, 2.75) is 19.9 Å². The van der Waals surface area contributed by atoms with Crippen LogP contribution in [-0.2, 0) is 16.6 Å². The topological polar surface area (TPSA) is 96.9 Å². The lowest BCUT2D eigenvalue weighted by Crippen LogP contribution is -2.40. The standard InChI is InChI=1S/C23H24N4O5S/c1-12-19(22(29)32-6)20(15-11-24-26(3)13(15)2)27-21(28)18(33-23(27)25-12)10-14-7-8-16(30-4)17(9-14)31-5/h7-11,20H,1-6H3/b18-10+/t20-/m0/s1. The normalized spacial score (nSPS) is 15.8. The Bertz CT molecular complexity index is 1460. The number of aromatic nitrogens is 3. The van der Waals surface area contributed by atoms with Gasteiger partial charge in [0.15, 0.2) is 16.3 Å². The van der Waals surface area contributed by atoms with Gasteiger partial charge < -0.3 is 14.2 Å². The van der Waals surface area contributed by atoms with Gasteiger partial charge in [0, 0.05) is 18.3 Å². The van der Waals surface area contributed by atoms with E-state index in [-0.39, 0.29) is 5.56 Å². The highest BCUT2D eigenvalue weighted by Gasteiger charge is 2.35. The van der Waals surface area contributed by atoms with Crippen molar-refractivity contribution in [2.24, 2.45) is 12.0 Å². The number of thiazole rings is 1. The quantitative estimate of drug-likeness (QED) is 0.526. The van der Waals surface area contributed by atoms with Crippen molar-refractivity contribution in [3.05, 3.63) is 72.2 Å². The Balaban J connectivity index is 1.96. The minimum absolute atomic E-state index is 0.254. The maximum Gasteiger partial charge on any atom is 0.338 e. The molecule has 4 rings (SSSR count). The average Bonchev–Trinajstić information content (AvgIpc) is 3.30. The van der Waals surface area contributed by atoms with Gasteiger partial charge in [-0.1, -0.05) is 17.4 Å². The zero-order valence-electron chi connectivity index (χ0n) is 19.2. The monoisotopic (exact) mass is 468 g/mol. The van der Waals surface area contributed by atoms with Gasteiger partial charge in [0.2, 0.25) is 0 Å². The van der Waals surface area contributed by atoms with Crippen molar-refractivity contribution in [2.75, 3.05) is 21.3 Å². The fraction of sp³-hybridized carbons (Fsp3) is 0.304. The van der Waals surface area contributed by atoms with Crippen LogP contribution in [0.5, 0.6) is 11.5 Å². The fourth-order valence-electron chi connectivity index (χ4n) is 3.86. The van der Waals surface area contributed by atoms with Crippen LogP contribution in [0.1, 0.15) is 29.8 Å². The predicted molar refractivity (Wildman–Crippen MR) is 123 cm³/mol. The van der Waals surface area contributed by atoms with E-state index in [1.54, 1.807) is 54.8 Å². The molecule has 0 saturated carbocycles. The Kier molecular flexibility index (Phi) is 5.94. The first-order chi connectivity index (χ1) is 15.8. The molecule has 0 N–H and O–H groups in total. The van der Waals surface area contributed by atoms with Gasteiger partial charge >= 0.3 is 5.97 Å². The van der Waals surface area contributed by atoms with E-state index in [0.29, 0.717) is 32.1 Å². The van der Waals surface area contributed by atoms with Gasteiger partial charge in [-0.05, 0) is 37.6 Å². The van der Waals surface area contributed by atoms with E-state index >= 15 is 0 Å². The highest BCUT2D eigenvalue weighted by atomic mass is 32.1. The lowest BCUT2D eigenvalue weighted by atomic mass is 9.96. The summed E-state index contributed by atoms with van der Waals surface area (Å²) in [5.74, 6) is 0.631. The summed E-state index contributed by atoms with van der Waals surface area (Å²) in [6.45, 7) is 3.64. The summed E-state index contributed by atoms with van der Waals surface area (Å²) in [5.41, 5.74) is 2.93. The molecule has 0 amide bonds. The first kappa shape index (κ1) is 22.5. The number of benzene rings is 1. The van der Waals surface area contributed by atoms with Gasteiger partial charge in [-0.2, -0.15) is 5.10 Å². The molecule has 0 spiro atoms. The molecule has 3 heterocycles. The Hall–Kier alpha value is -3.66. The number of rotatable bonds is 5. The highest BCUT2D eigenvalue weighted by molar-refractivity contribution is 7.07. The Labute approximate surface area is 193 Å². The molecule has 172 valence electrons. The second-order valence-corrected chi connectivity index (χ2v) is 8.51. The number of hydrogen-bond acceptors (Lipinski definition) is 8. The molecule has 1 aromatic carbocycles. The first-order valence-electron chi connectivity index (χ1n) is 10.1. The highest BCUT2D eigenvalue weighted by Crippen LogP contribution is 2.32. The number of ether oxygens (including phenoxy) is 3. The first-order valence-corrected chi connectivity index (χ1v) is 10.9. The van der Waals surface area contributed by atoms with Crippen molar-refractivity contribution in [3.8, 4) is 11.5 Å². The van der Waals surface area contributed by atoms with Crippen molar-refractivity contribution in [1.29, 1.82) is 0 Å². The smallest absolute Gasteiger partial charge is 0.338 e. The second kappa shape index (κ2) is 8.70. The van der Waals surface area contributed by atoms with Gasteiger partial charge in [-0.3, -0.25) is 14.0 Å². The summed E-state index contributed by atoms with van der Waals surface area (Å²) < 4.78 is 19.4. The van der Waals surface area contributed by atoms with Crippen LogP contribution < -0.4 is 24.4 Å². The van der Waals surface area contributed by atoms with E-state index in [9.17, 15) is 9.59 Å². The van der Waals surface area contributed by atoms with Crippen molar-refractivity contribution in [3.63, 3.8) is 0 Å².